The van der Waals surface area contributed by atoms with E-state index < -0.39 is 12.0 Å². The van der Waals surface area contributed by atoms with Crippen LogP contribution in [-0.4, -0.2) is 22.5 Å². The number of thiophene rings is 1. The smallest absolute Gasteiger partial charge is 0.325 e. The van der Waals surface area contributed by atoms with Crippen LogP contribution in [0.15, 0.2) is 40.2 Å². The second-order valence-electron chi connectivity index (χ2n) is 4.89. The SMILES string of the molecule is O=C(O)C1c2ccccc2CCN1Cc1cc(Br)cs1. The Morgan fingerprint density at radius 2 is 2.25 bits per heavy atom. The summed E-state index contributed by atoms with van der Waals surface area (Å²) >= 11 is 5.10. The van der Waals surface area contributed by atoms with Crippen molar-refractivity contribution >= 4 is 33.2 Å². The first-order chi connectivity index (χ1) is 9.65. The molecular weight excluding hydrogens is 338 g/mol. The number of aliphatic carboxylic acids is 1. The van der Waals surface area contributed by atoms with Crippen LogP contribution in [0.3, 0.4) is 0 Å². The van der Waals surface area contributed by atoms with E-state index in [1.807, 2.05) is 34.5 Å². The Balaban J connectivity index is 1.90. The van der Waals surface area contributed by atoms with Gasteiger partial charge in [0.25, 0.3) is 0 Å². The Bertz CT molecular complexity index is 640. The number of halogens is 1. The van der Waals surface area contributed by atoms with Crippen LogP contribution >= 0.6 is 27.3 Å². The Morgan fingerprint density at radius 1 is 1.45 bits per heavy atom. The molecule has 5 heteroatoms. The molecule has 0 bridgehead atoms. The second kappa shape index (κ2) is 5.68. The summed E-state index contributed by atoms with van der Waals surface area (Å²) < 4.78 is 1.06. The lowest BCUT2D eigenvalue weighted by atomic mass is 9.92. The van der Waals surface area contributed by atoms with Gasteiger partial charge in [-0.25, -0.2) is 0 Å². The van der Waals surface area contributed by atoms with Gasteiger partial charge in [0.05, 0.1) is 0 Å². The highest BCUT2D eigenvalue weighted by Gasteiger charge is 2.32. The van der Waals surface area contributed by atoms with Crippen LogP contribution < -0.4 is 0 Å². The average Bonchev–Trinajstić information content (AvgIpc) is 2.83. The largest absolute Gasteiger partial charge is 0.480 e. The number of nitrogens with zero attached hydrogens (tertiary/aromatic N) is 1. The highest BCUT2D eigenvalue weighted by molar-refractivity contribution is 9.10. The van der Waals surface area contributed by atoms with Crippen molar-refractivity contribution in [2.24, 2.45) is 0 Å². The molecule has 0 spiro atoms. The van der Waals surface area contributed by atoms with Crippen LogP contribution in [0.5, 0.6) is 0 Å². The fourth-order valence-electron chi connectivity index (χ4n) is 2.71. The van der Waals surface area contributed by atoms with Crippen LogP contribution in [0, 0.1) is 0 Å². The van der Waals surface area contributed by atoms with Crippen molar-refractivity contribution in [3.63, 3.8) is 0 Å². The minimum Gasteiger partial charge on any atom is -0.480 e. The number of rotatable bonds is 3. The van der Waals surface area contributed by atoms with E-state index in [1.165, 1.54) is 4.88 Å². The molecule has 1 aromatic carbocycles. The van der Waals surface area contributed by atoms with Crippen molar-refractivity contribution in [3.8, 4) is 0 Å². The zero-order valence-corrected chi connectivity index (χ0v) is 13.2. The number of hydrogen-bond acceptors (Lipinski definition) is 3. The van der Waals surface area contributed by atoms with Crippen molar-refractivity contribution in [1.29, 1.82) is 0 Å². The number of fused-ring (bicyclic) bond motifs is 1. The van der Waals surface area contributed by atoms with E-state index in [9.17, 15) is 9.90 Å². The lowest BCUT2D eigenvalue weighted by Crippen LogP contribution is -2.39. The van der Waals surface area contributed by atoms with E-state index in [4.69, 9.17) is 0 Å². The molecule has 104 valence electrons. The third-order valence-electron chi connectivity index (χ3n) is 3.60. The predicted octanol–water partition coefficient (Wildman–Crippen LogP) is 3.69. The van der Waals surface area contributed by atoms with Gasteiger partial charge in [-0.2, -0.15) is 0 Å². The maximum Gasteiger partial charge on any atom is 0.325 e. The Morgan fingerprint density at radius 3 is 2.95 bits per heavy atom. The van der Waals surface area contributed by atoms with Gasteiger partial charge < -0.3 is 5.11 Å². The van der Waals surface area contributed by atoms with Crippen LogP contribution in [0.1, 0.15) is 22.0 Å². The van der Waals surface area contributed by atoms with Crippen LogP contribution in [0.25, 0.3) is 0 Å². The van der Waals surface area contributed by atoms with Crippen molar-refractivity contribution in [3.05, 3.63) is 56.2 Å². The molecular formula is C15H14BrNO2S. The standard InChI is InChI=1S/C15H14BrNO2S/c16-11-7-12(20-9-11)8-17-6-5-10-3-1-2-4-13(10)14(17)15(18)19/h1-4,7,9,14H,5-6,8H2,(H,18,19). The Kier molecular flexibility index (Phi) is 3.92. The topological polar surface area (TPSA) is 40.5 Å². The molecule has 2 heterocycles. The van der Waals surface area contributed by atoms with Gasteiger partial charge >= 0.3 is 5.97 Å². The summed E-state index contributed by atoms with van der Waals surface area (Å²) in [6.07, 6.45) is 0.909. The molecule has 0 amide bonds. The van der Waals surface area contributed by atoms with E-state index in [1.54, 1.807) is 11.3 Å². The third-order valence-corrected chi connectivity index (χ3v) is 5.28. The van der Waals surface area contributed by atoms with Gasteiger partial charge in [0.2, 0.25) is 0 Å². The zero-order chi connectivity index (χ0) is 14.1. The molecule has 0 aliphatic carbocycles. The molecule has 1 N–H and O–H groups in total. The summed E-state index contributed by atoms with van der Waals surface area (Å²) in [7, 11) is 0. The number of hydrogen-bond donors (Lipinski definition) is 1. The van der Waals surface area contributed by atoms with Gasteiger partial charge in [0, 0.05) is 27.8 Å². The molecule has 0 saturated heterocycles. The van der Waals surface area contributed by atoms with Crippen molar-refractivity contribution < 1.29 is 9.90 Å². The molecule has 0 radical (unpaired) electrons. The quantitative estimate of drug-likeness (QED) is 0.916. The van der Waals surface area contributed by atoms with Crippen LogP contribution in [0.2, 0.25) is 0 Å². The maximum atomic E-state index is 11.7. The van der Waals surface area contributed by atoms with E-state index in [-0.39, 0.29) is 0 Å². The average molecular weight is 352 g/mol. The summed E-state index contributed by atoms with van der Waals surface area (Å²) in [6, 6.07) is 9.38. The van der Waals surface area contributed by atoms with Gasteiger partial charge in [-0.15, -0.1) is 11.3 Å². The molecule has 20 heavy (non-hydrogen) atoms. The third kappa shape index (κ3) is 2.66. The first-order valence-electron chi connectivity index (χ1n) is 6.43. The van der Waals surface area contributed by atoms with Gasteiger partial charge in [-0.05, 0) is 39.5 Å². The molecule has 1 aliphatic rings. The number of carboxylic acid groups (broad SMARTS) is 1. The summed E-state index contributed by atoms with van der Waals surface area (Å²) in [4.78, 5) is 14.9. The molecule has 1 aromatic heterocycles. The molecule has 1 atom stereocenters. The lowest BCUT2D eigenvalue weighted by Gasteiger charge is -2.34. The minimum absolute atomic E-state index is 0.541. The molecule has 2 aromatic rings. The summed E-state index contributed by atoms with van der Waals surface area (Å²) in [5.74, 6) is -0.771. The molecule has 3 rings (SSSR count). The molecule has 1 aliphatic heterocycles. The Hall–Kier alpha value is -1.17. The van der Waals surface area contributed by atoms with Gasteiger partial charge in [0.1, 0.15) is 6.04 Å². The molecule has 0 fully saturated rings. The fourth-order valence-corrected chi connectivity index (χ4v) is 4.19. The molecule has 1 unspecified atom stereocenters. The van der Waals surface area contributed by atoms with Crippen molar-refractivity contribution in [1.82, 2.24) is 4.90 Å². The normalized spacial score (nSPS) is 18.8. The summed E-state index contributed by atoms with van der Waals surface area (Å²) in [5.41, 5.74) is 2.09. The van der Waals surface area contributed by atoms with E-state index in [0.717, 1.165) is 28.6 Å². The minimum atomic E-state index is -0.771. The van der Waals surface area contributed by atoms with Gasteiger partial charge in [0.15, 0.2) is 0 Å². The predicted molar refractivity (Wildman–Crippen MR) is 83.0 cm³/mol. The number of benzene rings is 1. The highest BCUT2D eigenvalue weighted by Crippen LogP contribution is 2.32. The van der Waals surface area contributed by atoms with E-state index in [0.29, 0.717) is 6.54 Å². The first-order valence-corrected chi connectivity index (χ1v) is 8.10. The summed E-state index contributed by atoms with van der Waals surface area (Å²) in [6.45, 7) is 1.46. The van der Waals surface area contributed by atoms with Gasteiger partial charge in [-0.1, -0.05) is 24.3 Å². The lowest BCUT2D eigenvalue weighted by molar-refractivity contribution is -0.144. The Labute approximate surface area is 130 Å². The van der Waals surface area contributed by atoms with Crippen molar-refractivity contribution in [2.75, 3.05) is 6.54 Å². The fraction of sp³-hybridized carbons (Fsp3) is 0.267. The monoisotopic (exact) mass is 351 g/mol. The summed E-state index contributed by atoms with van der Waals surface area (Å²) in [5, 5.41) is 11.6. The van der Waals surface area contributed by atoms with Crippen LogP contribution in [0.4, 0.5) is 0 Å². The molecule has 3 nitrogen and oxygen atoms in total. The molecule has 0 saturated carbocycles. The van der Waals surface area contributed by atoms with Gasteiger partial charge in [-0.3, -0.25) is 9.69 Å². The van der Waals surface area contributed by atoms with E-state index >= 15 is 0 Å². The maximum absolute atomic E-state index is 11.7. The zero-order valence-electron chi connectivity index (χ0n) is 10.8. The number of carboxylic acids is 1. The highest BCUT2D eigenvalue weighted by atomic mass is 79.9. The first kappa shape index (κ1) is 13.8. The van der Waals surface area contributed by atoms with Crippen LogP contribution in [-0.2, 0) is 17.8 Å². The van der Waals surface area contributed by atoms with E-state index in [2.05, 4.69) is 22.0 Å². The number of carbonyl (C=O) groups is 1. The second-order valence-corrected chi connectivity index (χ2v) is 6.80. The van der Waals surface area contributed by atoms with Crippen molar-refractivity contribution in [2.45, 2.75) is 19.0 Å².